The molecule has 10 N–H and O–H groups in total. The van der Waals surface area contributed by atoms with Crippen molar-refractivity contribution in [3.63, 3.8) is 0 Å². The van der Waals surface area contributed by atoms with E-state index in [1.54, 1.807) is 48.5 Å². The van der Waals surface area contributed by atoms with Gasteiger partial charge in [0.2, 0.25) is 0 Å². The van der Waals surface area contributed by atoms with Crippen LogP contribution in [0.3, 0.4) is 0 Å². The first kappa shape index (κ1) is 68.8. The molecule has 0 aliphatic carbocycles. The number of aliphatic hydroxyl groups excluding tert-OH is 3. The molecule has 6 aromatic carbocycles. The maximum absolute atomic E-state index is 12.8. The van der Waals surface area contributed by atoms with Crippen LogP contribution in [0.5, 0.6) is 23.0 Å². The monoisotopic (exact) mass is 1330 g/mol. The molecule has 0 spiro atoms. The van der Waals surface area contributed by atoms with E-state index in [2.05, 4.69) is 51.3 Å². The fourth-order valence-electron chi connectivity index (χ4n) is 13.1. The molecule has 0 radical (unpaired) electrons. The molecule has 4 amide bonds. The number of benzene rings is 6. The number of aldehydes is 1. The SMILES string of the molecule is CO.N.Nc1ncnc2c1c(-c1ccc(Oc3ccccc3)cc1)cn2C1CCN(C(CO)CO)CC1.Nc1ncnc2c1c(-c1ccc(Oc3ccccc3)cc1)cn2C1CCN(C2COC(CN3C(=O)c4ccccc4C3=O)OC2)CC1.O=CCN1C(=O)c2ccccc2C1=O. The summed E-state index contributed by atoms with van der Waals surface area (Å²) in [4.78, 5) is 83.4. The first-order chi connectivity index (χ1) is 47.5. The number of likely N-dealkylation sites (tertiary alicyclic amines) is 2. The van der Waals surface area contributed by atoms with E-state index < -0.39 is 18.1 Å². The van der Waals surface area contributed by atoms with Crippen molar-refractivity contribution in [3.05, 3.63) is 205 Å². The van der Waals surface area contributed by atoms with Crippen molar-refractivity contribution in [1.82, 2.24) is 54.8 Å². The number of hydrogen-bond acceptors (Lipinski definition) is 21. The molecule has 0 saturated carbocycles. The highest BCUT2D eigenvalue weighted by molar-refractivity contribution is 6.22. The summed E-state index contributed by atoms with van der Waals surface area (Å²) >= 11 is 0. The number of aliphatic hydroxyl groups is 3. The summed E-state index contributed by atoms with van der Waals surface area (Å²) in [5.41, 5.74) is 20.0. The lowest BCUT2D eigenvalue weighted by Gasteiger charge is -2.41. The van der Waals surface area contributed by atoms with E-state index in [0.717, 1.165) is 131 Å². The molecule has 5 aliphatic heterocycles. The van der Waals surface area contributed by atoms with E-state index in [0.29, 0.717) is 53.4 Å². The number of hydrogen-bond donors (Lipinski definition) is 6. The van der Waals surface area contributed by atoms with Gasteiger partial charge < -0.3 is 65.8 Å². The number of fused-ring (bicyclic) bond motifs is 4. The largest absolute Gasteiger partial charge is 0.457 e. The number of imide groups is 2. The van der Waals surface area contributed by atoms with Crippen molar-refractivity contribution in [2.75, 3.05) is 84.3 Å². The van der Waals surface area contributed by atoms with Crippen molar-refractivity contribution in [2.45, 2.75) is 56.1 Å². The molecule has 0 bridgehead atoms. The highest BCUT2D eigenvalue weighted by atomic mass is 16.7. The molecule has 98 heavy (non-hydrogen) atoms. The summed E-state index contributed by atoms with van der Waals surface area (Å²) in [6.07, 6.45) is 10.9. The van der Waals surface area contributed by atoms with E-state index in [4.69, 9.17) is 35.5 Å². The van der Waals surface area contributed by atoms with Gasteiger partial charge >= 0.3 is 0 Å². The smallest absolute Gasteiger partial charge is 0.261 e. The summed E-state index contributed by atoms with van der Waals surface area (Å²) < 4.78 is 28.4. The van der Waals surface area contributed by atoms with Crippen LogP contribution in [0.15, 0.2) is 183 Å². The number of ether oxygens (including phenoxy) is 4. The lowest BCUT2D eigenvalue weighted by molar-refractivity contribution is -0.207. The Bertz CT molecular complexity index is 4330. The quantitative estimate of drug-likeness (QED) is 0.0388. The van der Waals surface area contributed by atoms with Gasteiger partial charge in [-0.2, -0.15) is 0 Å². The Kier molecular flexibility index (Phi) is 22.1. The van der Waals surface area contributed by atoms with Crippen LogP contribution in [-0.2, 0) is 14.3 Å². The van der Waals surface area contributed by atoms with Crippen LogP contribution >= 0.6 is 0 Å². The molecule has 5 aliphatic rings. The minimum absolute atomic E-state index is 0. The van der Waals surface area contributed by atoms with Crippen molar-refractivity contribution < 1.29 is 58.2 Å². The Morgan fingerprint density at radius 1 is 0.500 bits per heavy atom. The number of para-hydroxylation sites is 2. The number of aromatic nitrogens is 6. The number of nitrogen functional groups attached to an aromatic ring is 2. The highest BCUT2D eigenvalue weighted by Gasteiger charge is 2.40. The molecule has 0 unspecified atom stereocenters. The molecule has 9 heterocycles. The first-order valence-electron chi connectivity index (χ1n) is 32.1. The molecule has 3 fully saturated rings. The van der Waals surface area contributed by atoms with E-state index in [-0.39, 0.29) is 68.4 Å². The summed E-state index contributed by atoms with van der Waals surface area (Å²) in [7, 11) is 1.00. The molecule has 0 atom stereocenters. The number of piperidine rings is 2. The third-order valence-electron chi connectivity index (χ3n) is 18.1. The maximum atomic E-state index is 12.8. The molecular formula is C73H77N13O12. The Hall–Kier alpha value is -10.6. The fraction of sp³-hybridized carbons (Fsp3) is 0.274. The number of nitrogens with two attached hydrogens (primary N) is 2. The zero-order valence-corrected chi connectivity index (χ0v) is 54.0. The molecular weight excluding hydrogens is 1250 g/mol. The maximum Gasteiger partial charge on any atom is 0.261 e. The molecule has 25 heteroatoms. The molecule has 15 rings (SSSR count). The van der Waals surface area contributed by atoms with Gasteiger partial charge in [0.1, 0.15) is 64.9 Å². The zero-order valence-electron chi connectivity index (χ0n) is 54.0. The standard InChI is InChI=1S/C36H34N6O5.C26H29N5O3.C10H7NO3.CH4O.H3N/c37-33-32-30(23-10-12-27(13-11-23)47-26-6-2-1-3-7-26)18-41(34(32)39-22-38-33)24-14-16-40(17-15-24)25-20-45-31(46-21-25)19-42-35(43)28-8-4-5-9-29(28)36(42)44;27-25-24-23(18-6-8-22(9-7-18)34-21-4-2-1-3-5-21)14-31(26(24)29-17-28-25)19-10-12-30(13-11-19)20(15-32)16-33;12-6-5-11-9(13)7-3-1-2-4-8(7)10(11)14;1-2;/h1-13,18,22,24-25,31H,14-17,19-21H2,(H2,37,38,39);1-9,14,17,19-20,32-33H,10-13,15-16H2,(H2,27,28,29);1-4,6H,5H2;2H,1H3;1H3. The number of carbonyl (C=O) groups is 5. The first-order valence-corrected chi connectivity index (χ1v) is 32.1. The van der Waals surface area contributed by atoms with Crippen molar-refractivity contribution in [2.24, 2.45) is 0 Å². The Labute approximate surface area is 565 Å². The van der Waals surface area contributed by atoms with Crippen LogP contribution in [0.4, 0.5) is 11.6 Å². The predicted octanol–water partition coefficient (Wildman–Crippen LogP) is 8.86. The van der Waals surface area contributed by atoms with Crippen LogP contribution in [0.2, 0.25) is 0 Å². The summed E-state index contributed by atoms with van der Waals surface area (Å²) in [5.74, 6) is 2.62. The average Bonchev–Trinajstić information content (AvgIpc) is 1.51. The lowest BCUT2D eigenvalue weighted by Crippen LogP contribution is -2.52. The van der Waals surface area contributed by atoms with Crippen molar-refractivity contribution >= 4 is 63.6 Å². The van der Waals surface area contributed by atoms with Crippen LogP contribution in [0, 0.1) is 0 Å². The second kappa shape index (κ2) is 31.5. The fourth-order valence-corrected chi connectivity index (χ4v) is 13.1. The van der Waals surface area contributed by atoms with E-state index in [1.165, 1.54) is 17.6 Å². The molecule has 506 valence electrons. The Morgan fingerprint density at radius 3 is 1.28 bits per heavy atom. The number of nitrogens with zero attached hydrogens (tertiary/aromatic N) is 10. The predicted molar refractivity (Wildman–Crippen MR) is 368 cm³/mol. The normalized spacial score (nSPS) is 17.3. The highest BCUT2D eigenvalue weighted by Crippen LogP contribution is 2.40. The van der Waals surface area contributed by atoms with Gasteiger partial charge in [-0.25, -0.2) is 19.9 Å². The number of carbonyl (C=O) groups excluding carboxylic acids is 5. The van der Waals surface area contributed by atoms with Crippen LogP contribution in [-0.4, -0.2) is 185 Å². The average molecular weight is 1330 g/mol. The van der Waals surface area contributed by atoms with Crippen molar-refractivity contribution in [3.8, 4) is 45.3 Å². The van der Waals surface area contributed by atoms with E-state index in [1.807, 2.05) is 109 Å². The van der Waals surface area contributed by atoms with Gasteiger partial charge in [-0.3, -0.25) is 38.8 Å². The van der Waals surface area contributed by atoms with Gasteiger partial charge in [-0.05, 0) is 110 Å². The number of rotatable bonds is 16. The van der Waals surface area contributed by atoms with Crippen LogP contribution in [0.1, 0.15) is 79.2 Å². The van der Waals surface area contributed by atoms with Gasteiger partial charge in [0.15, 0.2) is 6.29 Å². The van der Waals surface area contributed by atoms with Crippen LogP contribution < -0.4 is 27.1 Å². The van der Waals surface area contributed by atoms with Gasteiger partial charge in [0.25, 0.3) is 23.6 Å². The number of amides is 4. The molecule has 10 aromatic rings. The molecule has 4 aromatic heterocycles. The second-order valence-electron chi connectivity index (χ2n) is 23.7. The lowest BCUT2D eigenvalue weighted by atomic mass is 10.0. The Morgan fingerprint density at radius 2 is 0.878 bits per heavy atom. The minimum Gasteiger partial charge on any atom is -0.457 e. The third-order valence-corrected chi connectivity index (χ3v) is 18.1. The van der Waals surface area contributed by atoms with Crippen LogP contribution in [0.25, 0.3) is 44.3 Å². The number of anilines is 2. The second-order valence-corrected chi connectivity index (χ2v) is 23.7. The topological polar surface area (TPSA) is 344 Å². The van der Waals surface area contributed by atoms with Crippen molar-refractivity contribution in [1.29, 1.82) is 0 Å². The zero-order chi connectivity index (χ0) is 67.5. The summed E-state index contributed by atoms with van der Waals surface area (Å²) in [6.45, 7) is 4.13. The minimum atomic E-state index is -0.639. The molecule has 25 nitrogen and oxygen atoms in total. The molecule has 3 saturated heterocycles. The summed E-state index contributed by atoms with van der Waals surface area (Å²) in [5, 5.41) is 27.7. The van der Waals surface area contributed by atoms with Gasteiger partial charge in [-0.1, -0.05) is 84.9 Å². The van der Waals surface area contributed by atoms with E-state index in [9.17, 15) is 34.2 Å². The van der Waals surface area contributed by atoms with E-state index >= 15 is 0 Å². The Balaban J connectivity index is 0.000000166. The van der Waals surface area contributed by atoms with Gasteiger partial charge in [0, 0.05) is 68.9 Å². The summed E-state index contributed by atoms with van der Waals surface area (Å²) in [6, 6.07) is 49.2. The van der Waals surface area contributed by atoms with Gasteiger partial charge in [0.05, 0.1) is 84.6 Å². The van der Waals surface area contributed by atoms with Gasteiger partial charge in [-0.15, -0.1) is 0 Å². The third kappa shape index (κ3) is 14.6.